The van der Waals surface area contributed by atoms with Crippen molar-refractivity contribution in [3.05, 3.63) is 35.9 Å². The lowest BCUT2D eigenvalue weighted by atomic mass is 9.98. The van der Waals surface area contributed by atoms with Gasteiger partial charge in [-0.05, 0) is 31.5 Å². The van der Waals surface area contributed by atoms with Gasteiger partial charge in [0.2, 0.25) is 0 Å². The van der Waals surface area contributed by atoms with Crippen LogP contribution in [0.15, 0.2) is 30.3 Å². The largest absolute Gasteiger partial charge is 0.443 e. The highest BCUT2D eigenvalue weighted by Gasteiger charge is 2.26. The number of piperidine rings is 1. The lowest BCUT2D eigenvalue weighted by Gasteiger charge is -2.34. The molecule has 0 aliphatic carbocycles. The maximum atomic E-state index is 11.9. The van der Waals surface area contributed by atoms with Crippen LogP contribution in [-0.4, -0.2) is 30.7 Å². The first-order chi connectivity index (χ1) is 8.16. The molecule has 0 N–H and O–H groups in total. The van der Waals surface area contributed by atoms with E-state index in [9.17, 15) is 4.79 Å². The smallest absolute Gasteiger partial charge is 0.339 e. The molecule has 1 aromatic rings. The van der Waals surface area contributed by atoms with Gasteiger partial charge in [-0.3, -0.25) is 4.90 Å². The lowest BCUT2D eigenvalue weighted by molar-refractivity contribution is -0.0500. The van der Waals surface area contributed by atoms with E-state index in [1.54, 1.807) is 12.1 Å². The number of rotatable bonds is 2. The number of likely N-dealkylation sites (tertiary alicyclic amines) is 1. The molecule has 0 aromatic heterocycles. The van der Waals surface area contributed by atoms with E-state index in [0.29, 0.717) is 11.5 Å². The summed E-state index contributed by atoms with van der Waals surface area (Å²) in [7, 11) is 2.01. The number of carbonyl (C=O) groups excluding carboxylic acids is 1. The summed E-state index contributed by atoms with van der Waals surface area (Å²) in [6.45, 7) is 3.20. The molecule has 0 amide bonds. The van der Waals surface area contributed by atoms with Gasteiger partial charge >= 0.3 is 5.97 Å². The topological polar surface area (TPSA) is 29.5 Å². The average molecular weight is 233 g/mol. The zero-order valence-corrected chi connectivity index (χ0v) is 10.4. The van der Waals surface area contributed by atoms with Gasteiger partial charge in [0.1, 0.15) is 0 Å². The Hall–Kier alpha value is -1.35. The summed E-state index contributed by atoms with van der Waals surface area (Å²) in [5, 5.41) is 0. The number of benzene rings is 1. The fourth-order valence-corrected chi connectivity index (χ4v) is 2.11. The molecule has 0 spiro atoms. The summed E-state index contributed by atoms with van der Waals surface area (Å²) in [5.74, 6) is 0.399. The molecule has 2 rings (SSSR count). The van der Waals surface area contributed by atoms with Gasteiger partial charge in [0.05, 0.1) is 5.56 Å². The Morgan fingerprint density at radius 3 is 2.76 bits per heavy atom. The maximum absolute atomic E-state index is 11.9. The van der Waals surface area contributed by atoms with E-state index in [2.05, 4.69) is 11.8 Å². The van der Waals surface area contributed by atoms with Crippen LogP contribution in [-0.2, 0) is 4.74 Å². The molecule has 17 heavy (non-hydrogen) atoms. The lowest BCUT2D eigenvalue weighted by Crippen LogP contribution is -2.42. The highest BCUT2D eigenvalue weighted by molar-refractivity contribution is 5.89. The summed E-state index contributed by atoms with van der Waals surface area (Å²) < 4.78 is 5.55. The highest BCUT2D eigenvalue weighted by atomic mass is 16.6. The number of esters is 1. The molecule has 0 bridgehead atoms. The van der Waals surface area contributed by atoms with Crippen LogP contribution in [0.3, 0.4) is 0 Å². The van der Waals surface area contributed by atoms with Crippen LogP contribution < -0.4 is 0 Å². The number of hydrogen-bond donors (Lipinski definition) is 0. The van der Waals surface area contributed by atoms with Crippen LogP contribution in [0.2, 0.25) is 0 Å². The second-order valence-corrected chi connectivity index (χ2v) is 4.84. The molecule has 1 aliphatic heterocycles. The van der Waals surface area contributed by atoms with Crippen LogP contribution in [0.4, 0.5) is 0 Å². The van der Waals surface area contributed by atoms with Crippen molar-refractivity contribution in [2.75, 3.05) is 13.6 Å². The van der Waals surface area contributed by atoms with Crippen molar-refractivity contribution in [3.63, 3.8) is 0 Å². The van der Waals surface area contributed by atoms with Crippen LogP contribution in [0.5, 0.6) is 0 Å². The normalized spacial score (nSPS) is 25.5. The molecule has 3 heteroatoms. The Bertz CT molecular complexity index is 377. The van der Waals surface area contributed by atoms with Gasteiger partial charge in [-0.15, -0.1) is 0 Å². The molecule has 2 unspecified atom stereocenters. The van der Waals surface area contributed by atoms with Gasteiger partial charge in [0, 0.05) is 13.0 Å². The molecule has 1 aliphatic rings. The Balaban J connectivity index is 1.98. The predicted molar refractivity (Wildman–Crippen MR) is 66.7 cm³/mol. The molecule has 0 radical (unpaired) electrons. The second-order valence-electron chi connectivity index (χ2n) is 4.84. The van der Waals surface area contributed by atoms with Crippen LogP contribution in [0.1, 0.15) is 30.1 Å². The number of hydrogen-bond acceptors (Lipinski definition) is 3. The molecule has 1 saturated heterocycles. The van der Waals surface area contributed by atoms with E-state index in [1.165, 1.54) is 6.42 Å². The summed E-state index contributed by atoms with van der Waals surface area (Å²) in [5.41, 5.74) is 0.624. The molecule has 92 valence electrons. The van der Waals surface area contributed by atoms with Crippen molar-refractivity contribution in [2.45, 2.75) is 26.0 Å². The van der Waals surface area contributed by atoms with Gasteiger partial charge in [-0.25, -0.2) is 4.79 Å². The van der Waals surface area contributed by atoms with Gasteiger partial charge in [-0.2, -0.15) is 0 Å². The van der Waals surface area contributed by atoms with Gasteiger partial charge < -0.3 is 4.74 Å². The Morgan fingerprint density at radius 1 is 1.35 bits per heavy atom. The first-order valence-corrected chi connectivity index (χ1v) is 6.13. The van der Waals surface area contributed by atoms with E-state index in [-0.39, 0.29) is 12.2 Å². The number of nitrogens with zero attached hydrogens (tertiary/aromatic N) is 1. The first kappa shape index (κ1) is 12.1. The van der Waals surface area contributed by atoms with Crippen LogP contribution in [0.25, 0.3) is 0 Å². The fraction of sp³-hybridized carbons (Fsp3) is 0.500. The van der Waals surface area contributed by atoms with E-state index in [1.807, 2.05) is 25.2 Å². The summed E-state index contributed by atoms with van der Waals surface area (Å²) >= 11 is 0. The second kappa shape index (κ2) is 5.32. The molecule has 1 heterocycles. The number of ether oxygens (including phenoxy) is 1. The molecule has 2 atom stereocenters. The zero-order chi connectivity index (χ0) is 12.3. The van der Waals surface area contributed by atoms with E-state index < -0.39 is 0 Å². The number of carbonyl (C=O) groups is 1. The fourth-order valence-electron chi connectivity index (χ4n) is 2.11. The SMILES string of the molecule is CC1CCN(C)C(OC(=O)c2ccccc2)C1. The van der Waals surface area contributed by atoms with Crippen molar-refractivity contribution >= 4 is 5.97 Å². The minimum Gasteiger partial charge on any atom is -0.443 e. The van der Waals surface area contributed by atoms with E-state index >= 15 is 0 Å². The molecule has 1 fully saturated rings. The third-order valence-corrected chi connectivity index (χ3v) is 3.32. The van der Waals surface area contributed by atoms with Crippen molar-refractivity contribution < 1.29 is 9.53 Å². The first-order valence-electron chi connectivity index (χ1n) is 6.13. The highest BCUT2D eigenvalue weighted by Crippen LogP contribution is 2.22. The van der Waals surface area contributed by atoms with Crippen LogP contribution in [0, 0.1) is 5.92 Å². The standard InChI is InChI=1S/C14H19NO2/c1-11-8-9-15(2)13(10-11)17-14(16)12-6-4-3-5-7-12/h3-7,11,13H,8-10H2,1-2H3. The Kier molecular flexibility index (Phi) is 3.79. The monoisotopic (exact) mass is 233 g/mol. The van der Waals surface area contributed by atoms with Crippen molar-refractivity contribution in [2.24, 2.45) is 5.92 Å². The van der Waals surface area contributed by atoms with Crippen molar-refractivity contribution in [1.29, 1.82) is 0 Å². The summed E-state index contributed by atoms with van der Waals surface area (Å²) in [6.07, 6.45) is 2.02. The quantitative estimate of drug-likeness (QED) is 0.735. The van der Waals surface area contributed by atoms with Gasteiger partial charge in [-0.1, -0.05) is 25.1 Å². The predicted octanol–water partition coefficient (Wildman–Crippen LogP) is 2.53. The maximum Gasteiger partial charge on any atom is 0.339 e. The Labute approximate surface area is 102 Å². The van der Waals surface area contributed by atoms with Gasteiger partial charge in [0.15, 0.2) is 6.23 Å². The Morgan fingerprint density at radius 2 is 2.06 bits per heavy atom. The van der Waals surface area contributed by atoms with Crippen molar-refractivity contribution in [1.82, 2.24) is 4.90 Å². The summed E-state index contributed by atoms with van der Waals surface area (Å²) in [6, 6.07) is 9.17. The van der Waals surface area contributed by atoms with E-state index in [0.717, 1.165) is 13.0 Å². The molecule has 0 saturated carbocycles. The van der Waals surface area contributed by atoms with Crippen molar-refractivity contribution in [3.8, 4) is 0 Å². The summed E-state index contributed by atoms with van der Waals surface area (Å²) in [4.78, 5) is 14.0. The molecular formula is C14H19NO2. The molecular weight excluding hydrogens is 214 g/mol. The third kappa shape index (κ3) is 3.07. The molecule has 3 nitrogen and oxygen atoms in total. The molecule has 1 aromatic carbocycles. The minimum atomic E-state index is -0.225. The van der Waals surface area contributed by atoms with Crippen LogP contribution >= 0.6 is 0 Å². The van der Waals surface area contributed by atoms with E-state index in [4.69, 9.17) is 4.74 Å². The third-order valence-electron chi connectivity index (χ3n) is 3.32. The average Bonchev–Trinajstić information content (AvgIpc) is 2.35. The van der Waals surface area contributed by atoms with Gasteiger partial charge in [0.25, 0.3) is 0 Å². The minimum absolute atomic E-state index is 0.0774. The zero-order valence-electron chi connectivity index (χ0n) is 10.4.